The number of hydrogen-bond donors (Lipinski definition) is 2. The van der Waals surface area contributed by atoms with Gasteiger partial charge < -0.3 is 10.2 Å². The van der Waals surface area contributed by atoms with Gasteiger partial charge in [0.15, 0.2) is 0 Å². The van der Waals surface area contributed by atoms with Crippen LogP contribution in [0.3, 0.4) is 0 Å². The third-order valence-electron chi connectivity index (χ3n) is 3.61. The van der Waals surface area contributed by atoms with Gasteiger partial charge in [-0.25, -0.2) is 4.98 Å². The van der Waals surface area contributed by atoms with Crippen LogP contribution in [-0.4, -0.2) is 24.5 Å². The summed E-state index contributed by atoms with van der Waals surface area (Å²) in [5.74, 6) is -0.0578. The van der Waals surface area contributed by atoms with Crippen molar-refractivity contribution < 1.29 is 9.69 Å². The van der Waals surface area contributed by atoms with E-state index in [1.807, 2.05) is 18.2 Å². The summed E-state index contributed by atoms with van der Waals surface area (Å²) in [5, 5.41) is 15.3. The molecule has 2 N–H and O–H groups in total. The second kappa shape index (κ2) is 7.53. The first kappa shape index (κ1) is 16.6. The third-order valence-corrected chi connectivity index (χ3v) is 5.47. The first-order chi connectivity index (χ1) is 11.7. The van der Waals surface area contributed by atoms with Gasteiger partial charge >= 0.3 is 0 Å². The zero-order chi connectivity index (χ0) is 16.9. The molecule has 1 atom stereocenters. The van der Waals surface area contributed by atoms with Crippen molar-refractivity contribution in [3.63, 3.8) is 0 Å². The van der Waals surface area contributed by atoms with Gasteiger partial charge in [-0.3, -0.25) is 4.79 Å². The van der Waals surface area contributed by atoms with Crippen LogP contribution in [-0.2, 0) is 11.3 Å². The van der Waals surface area contributed by atoms with Gasteiger partial charge in [0.05, 0.1) is 35.8 Å². The smallest absolute Gasteiger partial charge is 0.230 e. The van der Waals surface area contributed by atoms with Crippen LogP contribution >= 0.6 is 22.7 Å². The van der Waals surface area contributed by atoms with Crippen molar-refractivity contribution in [1.82, 2.24) is 4.98 Å². The van der Waals surface area contributed by atoms with Crippen LogP contribution in [0.15, 0.2) is 35.7 Å². The molecule has 0 saturated carbocycles. The molecule has 0 saturated heterocycles. The van der Waals surface area contributed by atoms with Crippen molar-refractivity contribution in [2.24, 2.45) is 0 Å². The Hall–Kier alpha value is -2.27. The van der Waals surface area contributed by atoms with Crippen LogP contribution in [0.5, 0.6) is 0 Å². The number of hydrogen-bond acceptors (Lipinski definition) is 5. The quantitative estimate of drug-likeness (QED) is 0.711. The lowest BCUT2D eigenvalue weighted by molar-refractivity contribution is -0.893. The molecule has 0 bridgehead atoms. The van der Waals surface area contributed by atoms with E-state index < -0.39 is 0 Å². The van der Waals surface area contributed by atoms with E-state index in [4.69, 9.17) is 5.26 Å². The standard InChI is InChI=1S/C17H16N4OS2/c1-21(11-16-19-13-4-2-3-5-14(13)24-16)8-6-15(22)20-17-12(10-18)7-9-23-17/h2-5,7,9H,6,8,11H2,1H3,(H,20,22)/p+1. The molecule has 3 rings (SSSR count). The van der Waals surface area contributed by atoms with E-state index in [2.05, 4.69) is 29.5 Å². The molecule has 1 amide bonds. The Morgan fingerprint density at radius 1 is 1.38 bits per heavy atom. The molecule has 7 heteroatoms. The lowest BCUT2D eigenvalue weighted by atomic mass is 10.3. The fourth-order valence-corrected chi connectivity index (χ4v) is 4.19. The molecule has 2 aromatic heterocycles. The first-order valence-electron chi connectivity index (χ1n) is 7.59. The summed E-state index contributed by atoms with van der Waals surface area (Å²) < 4.78 is 1.19. The second-order valence-corrected chi connectivity index (χ2v) is 7.56. The predicted octanol–water partition coefficient (Wildman–Crippen LogP) is 2.27. The number of thiophene rings is 1. The summed E-state index contributed by atoms with van der Waals surface area (Å²) in [6.45, 7) is 1.52. The maximum absolute atomic E-state index is 12.0. The molecule has 0 aliphatic rings. The second-order valence-electron chi connectivity index (χ2n) is 5.53. The molecule has 1 unspecified atom stereocenters. The van der Waals surface area contributed by atoms with E-state index >= 15 is 0 Å². The Bertz CT molecular complexity index is 860. The Morgan fingerprint density at radius 2 is 2.21 bits per heavy atom. The Balaban J connectivity index is 1.51. The Kier molecular flexibility index (Phi) is 5.20. The van der Waals surface area contributed by atoms with Crippen molar-refractivity contribution in [2.75, 3.05) is 18.9 Å². The third kappa shape index (κ3) is 3.97. The molecule has 5 nitrogen and oxygen atoms in total. The van der Waals surface area contributed by atoms with Gasteiger partial charge in [0, 0.05) is 0 Å². The number of para-hydroxylation sites is 1. The monoisotopic (exact) mass is 357 g/mol. The van der Waals surface area contributed by atoms with E-state index in [0.717, 1.165) is 23.6 Å². The number of nitriles is 1. The highest BCUT2D eigenvalue weighted by atomic mass is 32.1. The van der Waals surface area contributed by atoms with Gasteiger partial charge in [0.1, 0.15) is 22.6 Å². The number of nitrogens with zero attached hydrogens (tertiary/aromatic N) is 2. The van der Waals surface area contributed by atoms with Gasteiger partial charge in [-0.1, -0.05) is 12.1 Å². The number of rotatable bonds is 6. The maximum Gasteiger partial charge on any atom is 0.230 e. The molecule has 0 radical (unpaired) electrons. The van der Waals surface area contributed by atoms with Crippen molar-refractivity contribution in [3.05, 3.63) is 46.3 Å². The lowest BCUT2D eigenvalue weighted by Crippen LogP contribution is -3.07. The number of fused-ring (bicyclic) bond motifs is 1. The first-order valence-corrected chi connectivity index (χ1v) is 9.28. The minimum atomic E-state index is -0.0578. The number of quaternary nitrogens is 1. The minimum Gasteiger partial charge on any atom is -0.331 e. The molecule has 2 heterocycles. The number of amides is 1. The average molecular weight is 357 g/mol. The number of carbonyl (C=O) groups excluding carboxylic acids is 1. The van der Waals surface area contributed by atoms with E-state index in [1.54, 1.807) is 22.8 Å². The molecule has 0 aliphatic carbocycles. The van der Waals surface area contributed by atoms with Crippen molar-refractivity contribution in [2.45, 2.75) is 13.0 Å². The van der Waals surface area contributed by atoms with Gasteiger partial charge in [0.2, 0.25) is 5.91 Å². The van der Waals surface area contributed by atoms with Crippen molar-refractivity contribution in [3.8, 4) is 6.07 Å². The van der Waals surface area contributed by atoms with Crippen LogP contribution < -0.4 is 10.2 Å². The number of carbonyl (C=O) groups is 1. The van der Waals surface area contributed by atoms with E-state index in [1.165, 1.54) is 20.9 Å². The zero-order valence-electron chi connectivity index (χ0n) is 13.2. The van der Waals surface area contributed by atoms with Gasteiger partial charge in [0.25, 0.3) is 0 Å². The van der Waals surface area contributed by atoms with E-state index in [9.17, 15) is 4.79 Å². The van der Waals surface area contributed by atoms with Crippen LogP contribution in [0.2, 0.25) is 0 Å². The van der Waals surface area contributed by atoms with Gasteiger partial charge in [-0.2, -0.15) is 5.26 Å². The fraction of sp³-hybridized carbons (Fsp3) is 0.235. The summed E-state index contributed by atoms with van der Waals surface area (Å²) in [4.78, 5) is 17.9. The molecular formula is C17H17N4OS2+. The van der Waals surface area contributed by atoms with E-state index in [-0.39, 0.29) is 5.91 Å². The summed E-state index contributed by atoms with van der Waals surface area (Å²) in [6.07, 6.45) is 0.416. The van der Waals surface area contributed by atoms with Crippen molar-refractivity contribution >= 4 is 43.8 Å². The largest absolute Gasteiger partial charge is 0.331 e. The highest BCUT2D eigenvalue weighted by Crippen LogP contribution is 2.22. The van der Waals surface area contributed by atoms with Crippen LogP contribution in [0.25, 0.3) is 10.2 Å². The fourth-order valence-electron chi connectivity index (χ4n) is 2.35. The molecule has 1 aromatic carbocycles. The maximum atomic E-state index is 12.0. The molecule has 0 aliphatic heterocycles. The predicted molar refractivity (Wildman–Crippen MR) is 97.4 cm³/mol. The highest BCUT2D eigenvalue weighted by Gasteiger charge is 2.13. The topological polar surface area (TPSA) is 70.2 Å². The van der Waals surface area contributed by atoms with E-state index in [0.29, 0.717) is 17.0 Å². The van der Waals surface area contributed by atoms with Gasteiger partial charge in [-0.15, -0.1) is 22.7 Å². The Morgan fingerprint density at radius 3 is 3.00 bits per heavy atom. The van der Waals surface area contributed by atoms with Crippen molar-refractivity contribution in [1.29, 1.82) is 5.26 Å². The molecule has 3 aromatic rings. The molecule has 122 valence electrons. The minimum absolute atomic E-state index is 0.0578. The van der Waals surface area contributed by atoms with Gasteiger partial charge in [-0.05, 0) is 23.6 Å². The number of thiazole rings is 1. The number of benzene rings is 1. The number of nitrogens with one attached hydrogen (secondary N) is 2. The van der Waals surface area contributed by atoms with Crippen LogP contribution in [0.1, 0.15) is 17.0 Å². The summed E-state index contributed by atoms with van der Waals surface area (Å²) in [6, 6.07) is 11.9. The normalized spacial score (nSPS) is 12.0. The lowest BCUT2D eigenvalue weighted by Gasteiger charge is -2.12. The molecular weight excluding hydrogens is 340 g/mol. The summed E-state index contributed by atoms with van der Waals surface area (Å²) >= 11 is 3.07. The average Bonchev–Trinajstić information content (AvgIpc) is 3.18. The summed E-state index contributed by atoms with van der Waals surface area (Å²) in [7, 11) is 2.06. The van der Waals surface area contributed by atoms with Crippen LogP contribution in [0.4, 0.5) is 5.00 Å². The Labute approximate surface area is 148 Å². The van der Waals surface area contributed by atoms with Crippen LogP contribution in [0, 0.1) is 11.3 Å². The SMILES string of the molecule is C[NH+](CCC(=O)Nc1sccc1C#N)Cc1nc2ccccc2s1. The molecule has 0 spiro atoms. The number of aromatic nitrogens is 1. The number of anilines is 1. The summed E-state index contributed by atoms with van der Waals surface area (Å²) in [5.41, 5.74) is 1.55. The molecule has 24 heavy (non-hydrogen) atoms. The highest BCUT2D eigenvalue weighted by molar-refractivity contribution is 7.18. The molecule has 0 fully saturated rings. The zero-order valence-corrected chi connectivity index (χ0v) is 14.8.